The van der Waals surface area contributed by atoms with Crippen LogP contribution < -0.4 is 14.8 Å². The summed E-state index contributed by atoms with van der Waals surface area (Å²) >= 11 is 3.28. The number of methoxy groups -OCH3 is 2. The summed E-state index contributed by atoms with van der Waals surface area (Å²) in [4.78, 5) is 23.8. The molecule has 3 aromatic rings. The fourth-order valence-electron chi connectivity index (χ4n) is 3.74. The topological polar surface area (TPSA) is 73.3 Å². The first-order valence-electron chi connectivity index (χ1n) is 10.0. The van der Waals surface area contributed by atoms with Gasteiger partial charge in [0.05, 0.1) is 20.0 Å². The molecular weight excluding hydrogens is 418 g/mol. The normalized spacial score (nSPS) is 13.1. The minimum atomic E-state index is 0.0105. The van der Waals surface area contributed by atoms with E-state index in [0.717, 1.165) is 34.7 Å². The zero-order valence-corrected chi connectivity index (χ0v) is 18.8. The summed E-state index contributed by atoms with van der Waals surface area (Å²) in [5.41, 5.74) is 2.49. The van der Waals surface area contributed by atoms with Crippen LogP contribution >= 0.6 is 23.1 Å². The quantitative estimate of drug-likeness (QED) is 0.418. The lowest BCUT2D eigenvalue weighted by Crippen LogP contribution is -2.27. The van der Waals surface area contributed by atoms with Crippen molar-refractivity contribution >= 4 is 39.2 Å². The van der Waals surface area contributed by atoms with Crippen molar-refractivity contribution < 1.29 is 14.3 Å². The third-order valence-electron chi connectivity index (χ3n) is 5.24. The van der Waals surface area contributed by atoms with Crippen LogP contribution in [0, 0.1) is 0 Å². The maximum atomic E-state index is 12.4. The summed E-state index contributed by atoms with van der Waals surface area (Å²) in [6.45, 7) is 0.571. The maximum absolute atomic E-state index is 12.4. The van der Waals surface area contributed by atoms with Gasteiger partial charge in [0.25, 0.3) is 0 Å². The molecule has 2 heterocycles. The van der Waals surface area contributed by atoms with Crippen LogP contribution in [0.2, 0.25) is 0 Å². The molecule has 1 N–H and O–H groups in total. The van der Waals surface area contributed by atoms with E-state index in [2.05, 4.69) is 15.3 Å². The number of nitrogens with zero attached hydrogens (tertiary/aromatic N) is 2. The van der Waals surface area contributed by atoms with Crippen molar-refractivity contribution in [3.8, 4) is 11.5 Å². The van der Waals surface area contributed by atoms with E-state index in [0.29, 0.717) is 23.8 Å². The van der Waals surface area contributed by atoms with E-state index < -0.39 is 0 Å². The first-order chi connectivity index (χ1) is 14.7. The average Bonchev–Trinajstić information content (AvgIpc) is 3.16. The number of aromatic nitrogens is 2. The number of ether oxygens (including phenoxy) is 2. The number of rotatable bonds is 8. The Hall–Kier alpha value is -2.32. The molecule has 1 aliphatic rings. The van der Waals surface area contributed by atoms with Crippen LogP contribution in [-0.2, 0) is 24.1 Å². The number of thioether (sulfide) groups is 1. The summed E-state index contributed by atoms with van der Waals surface area (Å²) in [6.07, 6.45) is 7.03. The van der Waals surface area contributed by atoms with E-state index in [1.807, 2.05) is 18.2 Å². The van der Waals surface area contributed by atoms with Crippen molar-refractivity contribution in [1.29, 1.82) is 0 Å². The molecule has 2 aromatic heterocycles. The largest absolute Gasteiger partial charge is 0.493 e. The minimum absolute atomic E-state index is 0.0105. The lowest BCUT2D eigenvalue weighted by molar-refractivity contribution is -0.118. The number of amides is 1. The lowest BCUT2D eigenvalue weighted by atomic mass is 9.97. The van der Waals surface area contributed by atoms with Crippen LogP contribution in [0.4, 0.5) is 0 Å². The minimum Gasteiger partial charge on any atom is -0.493 e. The second kappa shape index (κ2) is 9.66. The van der Waals surface area contributed by atoms with Crippen molar-refractivity contribution in [2.45, 2.75) is 37.1 Å². The SMILES string of the molecule is COc1ccc(CCNC(=O)CSc2ncnc3sc4c(c23)CCCC4)cc1OC. The number of benzene rings is 1. The zero-order valence-electron chi connectivity index (χ0n) is 17.2. The molecule has 0 saturated heterocycles. The monoisotopic (exact) mass is 443 g/mol. The molecule has 0 fully saturated rings. The molecule has 0 bridgehead atoms. The van der Waals surface area contributed by atoms with Crippen molar-refractivity contribution in [2.24, 2.45) is 0 Å². The summed E-state index contributed by atoms with van der Waals surface area (Å²) in [6, 6.07) is 5.81. The van der Waals surface area contributed by atoms with Gasteiger partial charge in [0, 0.05) is 16.8 Å². The van der Waals surface area contributed by atoms with E-state index in [9.17, 15) is 4.79 Å². The Bertz CT molecular complexity index is 1050. The van der Waals surface area contributed by atoms with E-state index in [1.54, 1.807) is 31.9 Å². The molecule has 1 aliphatic carbocycles. The smallest absolute Gasteiger partial charge is 0.230 e. The molecule has 0 atom stereocenters. The average molecular weight is 444 g/mol. The third kappa shape index (κ3) is 4.54. The number of fused-ring (bicyclic) bond motifs is 3. The Labute approximate surface area is 184 Å². The molecule has 30 heavy (non-hydrogen) atoms. The van der Waals surface area contributed by atoms with E-state index in [4.69, 9.17) is 9.47 Å². The number of aryl methyl sites for hydroxylation is 2. The number of nitrogens with one attached hydrogen (secondary N) is 1. The van der Waals surface area contributed by atoms with Gasteiger partial charge in [0.15, 0.2) is 11.5 Å². The van der Waals surface area contributed by atoms with Crippen molar-refractivity contribution in [2.75, 3.05) is 26.5 Å². The fraction of sp³-hybridized carbons (Fsp3) is 0.409. The van der Waals surface area contributed by atoms with Gasteiger partial charge in [-0.15, -0.1) is 11.3 Å². The van der Waals surface area contributed by atoms with Gasteiger partial charge >= 0.3 is 0 Å². The van der Waals surface area contributed by atoms with E-state index in [1.165, 1.54) is 40.4 Å². The highest BCUT2D eigenvalue weighted by Crippen LogP contribution is 2.39. The predicted octanol–water partition coefficient (Wildman–Crippen LogP) is 4.04. The molecule has 0 unspecified atom stereocenters. The van der Waals surface area contributed by atoms with Gasteiger partial charge in [-0.3, -0.25) is 4.79 Å². The van der Waals surface area contributed by atoms with Crippen LogP contribution in [0.5, 0.6) is 11.5 Å². The molecule has 1 amide bonds. The van der Waals surface area contributed by atoms with Gasteiger partial charge in [-0.25, -0.2) is 9.97 Å². The summed E-state index contributed by atoms with van der Waals surface area (Å²) < 4.78 is 10.6. The summed E-state index contributed by atoms with van der Waals surface area (Å²) in [5.74, 6) is 1.76. The highest BCUT2D eigenvalue weighted by Gasteiger charge is 2.20. The molecule has 0 aliphatic heterocycles. The molecule has 1 aromatic carbocycles. The number of thiophene rings is 1. The highest BCUT2D eigenvalue weighted by molar-refractivity contribution is 8.00. The van der Waals surface area contributed by atoms with Gasteiger partial charge in [0.2, 0.25) is 5.91 Å². The first kappa shape index (κ1) is 20.9. The van der Waals surface area contributed by atoms with Gasteiger partial charge < -0.3 is 14.8 Å². The Morgan fingerprint density at radius 1 is 1.17 bits per heavy atom. The Balaban J connectivity index is 1.33. The highest BCUT2D eigenvalue weighted by atomic mass is 32.2. The fourth-order valence-corrected chi connectivity index (χ4v) is 5.89. The van der Waals surface area contributed by atoms with Crippen molar-refractivity contribution in [3.63, 3.8) is 0 Å². The van der Waals surface area contributed by atoms with E-state index >= 15 is 0 Å². The van der Waals surface area contributed by atoms with Crippen molar-refractivity contribution in [3.05, 3.63) is 40.5 Å². The molecule has 8 heteroatoms. The van der Waals surface area contributed by atoms with Crippen molar-refractivity contribution in [1.82, 2.24) is 15.3 Å². The Morgan fingerprint density at radius 3 is 2.83 bits per heavy atom. The van der Waals surface area contributed by atoms with Crippen LogP contribution in [0.15, 0.2) is 29.6 Å². The second-order valence-electron chi connectivity index (χ2n) is 7.15. The van der Waals surface area contributed by atoms with Crippen LogP contribution in [0.3, 0.4) is 0 Å². The van der Waals surface area contributed by atoms with Crippen LogP contribution in [0.25, 0.3) is 10.2 Å². The second-order valence-corrected chi connectivity index (χ2v) is 9.20. The molecule has 4 rings (SSSR count). The Morgan fingerprint density at radius 2 is 2.00 bits per heavy atom. The van der Waals surface area contributed by atoms with Crippen LogP contribution in [-0.4, -0.2) is 42.4 Å². The van der Waals surface area contributed by atoms with Gasteiger partial charge in [-0.05, 0) is 55.4 Å². The number of carbonyl (C=O) groups excluding carboxylic acids is 1. The number of carbonyl (C=O) groups is 1. The molecule has 0 saturated carbocycles. The number of hydrogen-bond acceptors (Lipinski definition) is 7. The predicted molar refractivity (Wildman–Crippen MR) is 121 cm³/mol. The van der Waals surface area contributed by atoms with E-state index in [-0.39, 0.29) is 5.91 Å². The van der Waals surface area contributed by atoms with Gasteiger partial charge in [-0.2, -0.15) is 0 Å². The van der Waals surface area contributed by atoms with Crippen LogP contribution in [0.1, 0.15) is 28.8 Å². The molecular formula is C22H25N3O3S2. The third-order valence-corrected chi connectivity index (χ3v) is 7.43. The van der Waals surface area contributed by atoms with Gasteiger partial charge in [-0.1, -0.05) is 17.8 Å². The zero-order chi connectivity index (χ0) is 20.9. The number of hydrogen-bond donors (Lipinski definition) is 1. The standard InChI is InChI=1S/C22H25N3O3S2/c1-27-16-8-7-14(11-17(16)28-2)9-10-23-19(26)12-29-21-20-15-5-3-4-6-18(15)30-22(20)25-13-24-21/h7-8,11,13H,3-6,9-10,12H2,1-2H3,(H,23,26). The summed E-state index contributed by atoms with van der Waals surface area (Å²) in [5, 5.41) is 5.09. The Kier molecular flexibility index (Phi) is 6.74. The summed E-state index contributed by atoms with van der Waals surface area (Å²) in [7, 11) is 3.24. The lowest BCUT2D eigenvalue weighted by Gasteiger charge is -2.11. The molecule has 0 spiro atoms. The molecule has 6 nitrogen and oxygen atoms in total. The molecule has 158 valence electrons. The first-order valence-corrected chi connectivity index (χ1v) is 11.9. The molecule has 0 radical (unpaired) electrons. The van der Waals surface area contributed by atoms with Gasteiger partial charge in [0.1, 0.15) is 16.2 Å². The maximum Gasteiger partial charge on any atom is 0.230 e.